The number of hydrogen-bond donors (Lipinski definition) is 0. The van der Waals surface area contributed by atoms with Gasteiger partial charge >= 0.3 is 0 Å². The van der Waals surface area contributed by atoms with Gasteiger partial charge in [0.15, 0.2) is 0 Å². The number of hydrogen-bond acceptors (Lipinski definition) is 0. The standard InChI is InChI=1S/C38H39N/c1-37(2,3)30-20-33(28-13-15-29(16-14-28)38-22-25-17-26(23-38)19-27(18-25)24-38)36-34(21-30)32-11-7-8-12-35(32)39(36)31-9-5-4-6-10-31/h4-16,20-21,25-27H,17-19,22-24H2,1-3H3. The van der Waals surface area contributed by atoms with Gasteiger partial charge in [-0.05, 0) is 114 Å². The van der Waals surface area contributed by atoms with Crippen LogP contribution in [0.5, 0.6) is 0 Å². The summed E-state index contributed by atoms with van der Waals surface area (Å²) in [5.41, 5.74) is 10.00. The second kappa shape index (κ2) is 8.34. The van der Waals surface area contributed by atoms with Gasteiger partial charge < -0.3 is 4.57 Å². The molecule has 4 bridgehead atoms. The van der Waals surface area contributed by atoms with Crippen LogP contribution in [-0.4, -0.2) is 4.57 Å². The molecule has 9 rings (SSSR count). The van der Waals surface area contributed by atoms with E-state index in [-0.39, 0.29) is 5.41 Å². The maximum Gasteiger partial charge on any atom is 0.0619 e. The highest BCUT2D eigenvalue weighted by molar-refractivity contribution is 6.14. The predicted octanol–water partition coefficient (Wildman–Crippen LogP) is 10.2. The van der Waals surface area contributed by atoms with E-state index in [4.69, 9.17) is 0 Å². The van der Waals surface area contributed by atoms with E-state index >= 15 is 0 Å². The van der Waals surface area contributed by atoms with Crippen molar-refractivity contribution in [1.29, 1.82) is 0 Å². The Hall–Kier alpha value is -3.32. The average molecular weight is 510 g/mol. The van der Waals surface area contributed by atoms with Crippen LogP contribution >= 0.6 is 0 Å². The molecule has 39 heavy (non-hydrogen) atoms. The Morgan fingerprint density at radius 2 is 1.28 bits per heavy atom. The van der Waals surface area contributed by atoms with Gasteiger partial charge in [-0.3, -0.25) is 0 Å². The molecule has 1 nitrogen and oxygen atoms in total. The molecule has 5 aromatic rings. The molecule has 1 heteroatoms. The maximum absolute atomic E-state index is 2.51. The summed E-state index contributed by atoms with van der Waals surface area (Å²) in [4.78, 5) is 0. The van der Waals surface area contributed by atoms with Crippen LogP contribution in [-0.2, 0) is 10.8 Å². The molecular weight excluding hydrogens is 470 g/mol. The molecule has 0 atom stereocenters. The predicted molar refractivity (Wildman–Crippen MR) is 165 cm³/mol. The Balaban J connectivity index is 1.35. The third kappa shape index (κ3) is 3.65. The number of para-hydroxylation sites is 2. The topological polar surface area (TPSA) is 4.93 Å². The third-order valence-electron chi connectivity index (χ3n) is 10.5. The van der Waals surface area contributed by atoms with E-state index < -0.39 is 0 Å². The van der Waals surface area contributed by atoms with Gasteiger partial charge in [-0.15, -0.1) is 0 Å². The third-order valence-corrected chi connectivity index (χ3v) is 10.5. The molecule has 0 aliphatic heterocycles. The zero-order valence-electron chi connectivity index (χ0n) is 23.6. The monoisotopic (exact) mass is 509 g/mol. The maximum atomic E-state index is 2.51. The van der Waals surface area contributed by atoms with Crippen LogP contribution in [0.25, 0.3) is 38.6 Å². The van der Waals surface area contributed by atoms with Crippen molar-refractivity contribution in [3.05, 3.63) is 102 Å². The van der Waals surface area contributed by atoms with Crippen LogP contribution in [0.2, 0.25) is 0 Å². The zero-order chi connectivity index (χ0) is 26.4. The summed E-state index contributed by atoms with van der Waals surface area (Å²) in [7, 11) is 0. The summed E-state index contributed by atoms with van der Waals surface area (Å²) in [6, 6.07) is 34.6. The molecule has 0 amide bonds. The summed E-state index contributed by atoms with van der Waals surface area (Å²) >= 11 is 0. The summed E-state index contributed by atoms with van der Waals surface area (Å²) in [6.07, 6.45) is 8.76. The normalized spacial score (nSPS) is 26.1. The van der Waals surface area contributed by atoms with Gasteiger partial charge in [0.05, 0.1) is 11.0 Å². The zero-order valence-corrected chi connectivity index (χ0v) is 23.6. The molecule has 0 radical (unpaired) electrons. The summed E-state index contributed by atoms with van der Waals surface area (Å²) in [5.74, 6) is 2.92. The van der Waals surface area contributed by atoms with Crippen LogP contribution in [0.1, 0.15) is 70.4 Å². The fraction of sp³-hybridized carbons (Fsp3) is 0.368. The van der Waals surface area contributed by atoms with E-state index in [2.05, 4.69) is 116 Å². The Kier molecular flexibility index (Phi) is 5.04. The number of fused-ring (bicyclic) bond motifs is 3. The summed E-state index contributed by atoms with van der Waals surface area (Å²) < 4.78 is 2.49. The van der Waals surface area contributed by atoms with E-state index in [1.165, 1.54) is 82.7 Å². The minimum atomic E-state index is 0.0675. The fourth-order valence-electron chi connectivity index (χ4n) is 9.06. The fourth-order valence-corrected chi connectivity index (χ4v) is 9.06. The highest BCUT2D eigenvalue weighted by Gasteiger charge is 2.51. The lowest BCUT2D eigenvalue weighted by molar-refractivity contribution is -0.00518. The molecule has 0 saturated heterocycles. The van der Waals surface area contributed by atoms with Crippen LogP contribution in [0.4, 0.5) is 0 Å². The molecule has 0 spiro atoms. The van der Waals surface area contributed by atoms with Gasteiger partial charge in [-0.25, -0.2) is 0 Å². The SMILES string of the molecule is CC(C)(C)c1cc(-c2ccc(C34CC5CC(CC(C5)C3)C4)cc2)c2c(c1)c1ccccc1n2-c1ccccc1. The molecule has 1 aromatic heterocycles. The number of nitrogens with zero attached hydrogens (tertiary/aromatic N) is 1. The first-order valence-electron chi connectivity index (χ1n) is 15.1. The minimum absolute atomic E-state index is 0.0675. The van der Waals surface area contributed by atoms with E-state index in [1.807, 2.05) is 0 Å². The van der Waals surface area contributed by atoms with Crippen molar-refractivity contribution in [3.63, 3.8) is 0 Å². The van der Waals surface area contributed by atoms with Crippen molar-refractivity contribution < 1.29 is 0 Å². The van der Waals surface area contributed by atoms with Gasteiger partial charge in [0.25, 0.3) is 0 Å². The van der Waals surface area contributed by atoms with Gasteiger partial charge in [0.2, 0.25) is 0 Å². The summed E-state index contributed by atoms with van der Waals surface area (Å²) in [5, 5.41) is 2.68. The molecule has 1 heterocycles. The highest BCUT2D eigenvalue weighted by Crippen LogP contribution is 2.60. The molecule has 4 saturated carbocycles. The lowest BCUT2D eigenvalue weighted by atomic mass is 9.48. The van der Waals surface area contributed by atoms with Gasteiger partial charge in [0, 0.05) is 22.0 Å². The Morgan fingerprint density at radius 3 is 1.92 bits per heavy atom. The molecule has 4 aliphatic carbocycles. The Morgan fingerprint density at radius 1 is 0.667 bits per heavy atom. The molecule has 0 N–H and O–H groups in total. The largest absolute Gasteiger partial charge is 0.309 e. The van der Waals surface area contributed by atoms with Gasteiger partial charge in [0.1, 0.15) is 0 Å². The lowest BCUT2D eigenvalue weighted by Gasteiger charge is -2.57. The van der Waals surface area contributed by atoms with Crippen LogP contribution < -0.4 is 0 Å². The Labute approximate surface area is 232 Å². The molecule has 4 fully saturated rings. The van der Waals surface area contributed by atoms with Crippen molar-refractivity contribution in [2.75, 3.05) is 0 Å². The number of benzene rings is 4. The molecule has 4 aliphatic rings. The molecule has 4 aromatic carbocycles. The van der Waals surface area contributed by atoms with Crippen molar-refractivity contribution in [3.8, 4) is 16.8 Å². The van der Waals surface area contributed by atoms with E-state index in [0.29, 0.717) is 5.41 Å². The van der Waals surface area contributed by atoms with E-state index in [9.17, 15) is 0 Å². The Bertz CT molecular complexity index is 1660. The number of aromatic nitrogens is 1. The van der Waals surface area contributed by atoms with Gasteiger partial charge in [-0.1, -0.05) is 81.4 Å². The first-order valence-corrected chi connectivity index (χ1v) is 15.1. The van der Waals surface area contributed by atoms with Crippen molar-refractivity contribution in [1.82, 2.24) is 4.57 Å². The second-order valence-electron chi connectivity index (χ2n) is 14.1. The first-order chi connectivity index (χ1) is 18.9. The van der Waals surface area contributed by atoms with E-state index in [0.717, 1.165) is 17.8 Å². The lowest BCUT2D eigenvalue weighted by Crippen LogP contribution is -2.48. The summed E-state index contributed by atoms with van der Waals surface area (Å²) in [6.45, 7) is 7.01. The number of rotatable bonds is 3. The first kappa shape index (κ1) is 23.6. The van der Waals surface area contributed by atoms with Crippen molar-refractivity contribution >= 4 is 21.8 Å². The van der Waals surface area contributed by atoms with Gasteiger partial charge in [-0.2, -0.15) is 0 Å². The smallest absolute Gasteiger partial charge is 0.0619 e. The van der Waals surface area contributed by atoms with Crippen molar-refractivity contribution in [2.24, 2.45) is 17.8 Å². The molecule has 0 unspecified atom stereocenters. The second-order valence-corrected chi connectivity index (χ2v) is 14.1. The quantitative estimate of drug-likeness (QED) is 0.228. The van der Waals surface area contributed by atoms with Crippen LogP contribution in [0, 0.1) is 17.8 Å². The highest BCUT2D eigenvalue weighted by atomic mass is 15.0. The average Bonchev–Trinajstić information content (AvgIpc) is 3.26. The van der Waals surface area contributed by atoms with E-state index in [1.54, 1.807) is 5.56 Å². The van der Waals surface area contributed by atoms with Crippen LogP contribution in [0.15, 0.2) is 91.0 Å². The van der Waals surface area contributed by atoms with Crippen molar-refractivity contribution in [2.45, 2.75) is 70.1 Å². The molecular formula is C38H39N. The van der Waals surface area contributed by atoms with Crippen LogP contribution in [0.3, 0.4) is 0 Å². The molecule has 196 valence electrons. The minimum Gasteiger partial charge on any atom is -0.309 e.